The van der Waals surface area contributed by atoms with Gasteiger partial charge in [0.2, 0.25) is 11.8 Å². The zero-order valence-electron chi connectivity index (χ0n) is 17.5. The maximum absolute atomic E-state index is 13.9. The Bertz CT molecular complexity index is 1260. The molecule has 158 valence electrons. The van der Waals surface area contributed by atoms with Crippen molar-refractivity contribution in [3.63, 3.8) is 0 Å². The predicted molar refractivity (Wildman–Crippen MR) is 118 cm³/mol. The summed E-state index contributed by atoms with van der Waals surface area (Å²) < 4.78 is 0. The number of aryl methyl sites for hydroxylation is 1. The van der Waals surface area contributed by atoms with Crippen LogP contribution in [0.5, 0.6) is 0 Å². The molecule has 32 heavy (non-hydrogen) atoms. The number of aliphatic carboxylic acids is 1. The van der Waals surface area contributed by atoms with Crippen molar-refractivity contribution in [1.29, 1.82) is 0 Å². The van der Waals surface area contributed by atoms with Crippen molar-refractivity contribution < 1.29 is 19.5 Å². The van der Waals surface area contributed by atoms with Gasteiger partial charge in [0.15, 0.2) is 0 Å². The van der Waals surface area contributed by atoms with Gasteiger partial charge in [0.05, 0.1) is 17.5 Å². The second-order valence-electron chi connectivity index (χ2n) is 8.80. The van der Waals surface area contributed by atoms with Crippen LogP contribution in [0.3, 0.4) is 0 Å². The van der Waals surface area contributed by atoms with Gasteiger partial charge in [0, 0.05) is 5.92 Å². The molecule has 2 atom stereocenters. The van der Waals surface area contributed by atoms with E-state index in [9.17, 15) is 19.5 Å². The summed E-state index contributed by atoms with van der Waals surface area (Å²) in [6, 6.07) is 22.1. The number of benzene rings is 3. The van der Waals surface area contributed by atoms with Crippen LogP contribution in [-0.4, -0.2) is 22.9 Å². The molecule has 1 heterocycles. The van der Waals surface area contributed by atoms with Gasteiger partial charge in [-0.3, -0.25) is 14.4 Å². The van der Waals surface area contributed by atoms with Gasteiger partial charge in [-0.2, -0.15) is 0 Å². The molecular weight excluding hydrogens is 402 g/mol. The number of hydrogen-bond acceptors (Lipinski definition) is 3. The van der Waals surface area contributed by atoms with E-state index in [0.29, 0.717) is 16.8 Å². The number of anilines is 1. The average molecular weight is 423 g/mol. The number of carbonyl (C=O) groups is 3. The molecule has 3 aromatic carbocycles. The van der Waals surface area contributed by atoms with Crippen molar-refractivity contribution >= 4 is 23.5 Å². The Hall–Kier alpha value is -3.73. The molecule has 3 aliphatic carbocycles. The van der Waals surface area contributed by atoms with Crippen LogP contribution < -0.4 is 4.90 Å². The molecule has 0 aromatic heterocycles. The second-order valence-corrected chi connectivity index (χ2v) is 8.80. The number of hydrogen-bond donors (Lipinski definition) is 1. The van der Waals surface area contributed by atoms with Crippen LogP contribution in [-0.2, 0) is 26.2 Å². The number of amides is 2. The van der Waals surface area contributed by atoms with Gasteiger partial charge in [-0.25, -0.2) is 4.90 Å². The Labute approximate surface area is 185 Å². The summed E-state index contributed by atoms with van der Waals surface area (Å²) in [4.78, 5) is 42.0. The fraction of sp³-hybridized carbons (Fsp3) is 0.222. The van der Waals surface area contributed by atoms with Crippen LogP contribution >= 0.6 is 0 Å². The van der Waals surface area contributed by atoms with Crippen LogP contribution in [0.4, 0.5) is 5.69 Å². The molecular formula is C27H21NO4. The van der Waals surface area contributed by atoms with Gasteiger partial charge in [-0.15, -0.1) is 0 Å². The summed E-state index contributed by atoms with van der Waals surface area (Å²) in [5, 5.41) is 10.7. The van der Waals surface area contributed by atoms with Crippen LogP contribution in [0.25, 0.3) is 0 Å². The van der Waals surface area contributed by atoms with Crippen LogP contribution in [0.1, 0.15) is 40.7 Å². The summed E-state index contributed by atoms with van der Waals surface area (Å²) in [7, 11) is 0. The van der Waals surface area contributed by atoms with E-state index in [-0.39, 0.29) is 11.8 Å². The third-order valence-electron chi connectivity index (χ3n) is 7.56. The lowest BCUT2D eigenvalue weighted by Gasteiger charge is -2.51. The average Bonchev–Trinajstić information content (AvgIpc) is 3.09. The Balaban J connectivity index is 1.63. The van der Waals surface area contributed by atoms with Gasteiger partial charge in [-0.1, -0.05) is 67.6 Å². The van der Waals surface area contributed by atoms with Crippen LogP contribution in [0.15, 0.2) is 72.8 Å². The SMILES string of the molecule is CCc1ccc(N2C(=O)C3C4c5ccccc5C(C(=O)O)(c5ccccc54)C3C2=O)cc1. The highest BCUT2D eigenvalue weighted by molar-refractivity contribution is 6.25. The lowest BCUT2D eigenvalue weighted by atomic mass is 9.47. The van der Waals surface area contributed by atoms with Crippen molar-refractivity contribution in [1.82, 2.24) is 0 Å². The summed E-state index contributed by atoms with van der Waals surface area (Å²) >= 11 is 0. The molecule has 7 rings (SSSR count). The van der Waals surface area contributed by atoms with Gasteiger partial charge in [0.25, 0.3) is 0 Å². The van der Waals surface area contributed by atoms with Gasteiger partial charge in [0.1, 0.15) is 5.41 Å². The van der Waals surface area contributed by atoms with E-state index >= 15 is 0 Å². The standard InChI is InChI=1S/C27H21NO4/c1-2-15-11-13-16(14-12-15)28-24(29)22-21-17-7-3-5-9-19(17)27(26(31)32,23(22)25(28)30)20-10-6-4-8-18(20)21/h3-14,21-23H,2H2,1H3,(H,31,32). The van der Waals surface area contributed by atoms with Gasteiger partial charge >= 0.3 is 5.97 Å². The number of carboxylic acid groups (broad SMARTS) is 1. The number of imide groups is 1. The van der Waals surface area contributed by atoms with E-state index in [2.05, 4.69) is 0 Å². The van der Waals surface area contributed by atoms with E-state index in [1.807, 2.05) is 55.5 Å². The first-order valence-electron chi connectivity index (χ1n) is 10.9. The lowest BCUT2D eigenvalue weighted by Crippen LogP contribution is -2.57. The largest absolute Gasteiger partial charge is 0.480 e. The first-order valence-corrected chi connectivity index (χ1v) is 10.9. The second kappa shape index (κ2) is 6.39. The summed E-state index contributed by atoms with van der Waals surface area (Å²) in [5.41, 5.74) is 2.94. The maximum Gasteiger partial charge on any atom is 0.319 e. The Morgan fingerprint density at radius 3 is 1.97 bits per heavy atom. The van der Waals surface area contributed by atoms with Crippen molar-refractivity contribution in [2.45, 2.75) is 24.7 Å². The fourth-order valence-electron chi connectivity index (χ4n) is 6.27. The smallest absolute Gasteiger partial charge is 0.319 e. The fourth-order valence-corrected chi connectivity index (χ4v) is 6.27. The molecule has 2 unspecified atom stereocenters. The molecule has 2 bridgehead atoms. The molecule has 5 heteroatoms. The number of nitrogens with zero attached hydrogens (tertiary/aromatic N) is 1. The highest BCUT2D eigenvalue weighted by Crippen LogP contribution is 2.64. The highest BCUT2D eigenvalue weighted by Gasteiger charge is 2.71. The van der Waals surface area contributed by atoms with E-state index in [1.165, 1.54) is 4.90 Å². The van der Waals surface area contributed by atoms with Gasteiger partial charge in [-0.05, 0) is 46.4 Å². The maximum atomic E-state index is 13.9. The summed E-state index contributed by atoms with van der Waals surface area (Å²) in [6.07, 6.45) is 0.849. The minimum Gasteiger partial charge on any atom is -0.480 e. The van der Waals surface area contributed by atoms with Crippen molar-refractivity contribution in [3.8, 4) is 0 Å². The minimum absolute atomic E-state index is 0.316. The molecule has 0 spiro atoms. The van der Waals surface area contributed by atoms with E-state index in [4.69, 9.17) is 0 Å². The van der Waals surface area contributed by atoms with Crippen molar-refractivity contribution in [2.24, 2.45) is 11.8 Å². The van der Waals surface area contributed by atoms with E-state index in [0.717, 1.165) is 23.1 Å². The molecule has 1 aliphatic heterocycles. The molecule has 3 aromatic rings. The molecule has 1 saturated heterocycles. The Morgan fingerprint density at radius 1 is 0.875 bits per heavy atom. The molecule has 2 amide bonds. The minimum atomic E-state index is -1.59. The topological polar surface area (TPSA) is 74.7 Å². The van der Waals surface area contributed by atoms with Crippen LogP contribution in [0, 0.1) is 11.8 Å². The van der Waals surface area contributed by atoms with E-state index < -0.39 is 29.1 Å². The molecule has 4 aliphatic rings. The van der Waals surface area contributed by atoms with Crippen molar-refractivity contribution in [2.75, 3.05) is 4.90 Å². The van der Waals surface area contributed by atoms with Crippen molar-refractivity contribution in [3.05, 3.63) is 101 Å². The quantitative estimate of drug-likeness (QED) is 0.649. The third-order valence-corrected chi connectivity index (χ3v) is 7.56. The first-order chi connectivity index (χ1) is 15.5. The first kappa shape index (κ1) is 19.0. The van der Waals surface area contributed by atoms with E-state index in [1.54, 1.807) is 24.3 Å². The van der Waals surface area contributed by atoms with Crippen LogP contribution in [0.2, 0.25) is 0 Å². The monoisotopic (exact) mass is 423 g/mol. The summed E-state index contributed by atoms with van der Waals surface area (Å²) in [6.45, 7) is 2.04. The molecule has 0 saturated carbocycles. The Kier molecular flexibility index (Phi) is 3.79. The normalized spacial score (nSPS) is 27.2. The lowest BCUT2D eigenvalue weighted by molar-refractivity contribution is -0.149. The van der Waals surface area contributed by atoms with Gasteiger partial charge < -0.3 is 5.11 Å². The zero-order valence-corrected chi connectivity index (χ0v) is 17.5. The highest BCUT2D eigenvalue weighted by atomic mass is 16.4. The number of carbonyl (C=O) groups excluding carboxylic acids is 2. The number of carboxylic acids is 1. The third kappa shape index (κ3) is 2.06. The zero-order chi connectivity index (χ0) is 22.2. The summed E-state index contributed by atoms with van der Waals surface area (Å²) in [5.74, 6) is -3.90. The molecule has 5 nitrogen and oxygen atoms in total. The Morgan fingerprint density at radius 2 is 1.44 bits per heavy atom. The predicted octanol–water partition coefficient (Wildman–Crippen LogP) is 3.88. The molecule has 1 fully saturated rings. The molecule has 0 radical (unpaired) electrons. The molecule has 1 N–H and O–H groups in total. The number of rotatable bonds is 3.